The summed E-state index contributed by atoms with van der Waals surface area (Å²) in [5.74, 6) is 1.28. The fourth-order valence-corrected chi connectivity index (χ4v) is 6.80. The maximum atomic E-state index is 12.9. The molecule has 4 rings (SSSR count). The van der Waals surface area contributed by atoms with Gasteiger partial charge in [-0.2, -0.15) is 4.31 Å². The molecular weight excluding hydrogens is 374 g/mol. The monoisotopic (exact) mass is 399 g/mol. The Morgan fingerprint density at radius 3 is 2.42 bits per heavy atom. The van der Waals surface area contributed by atoms with Crippen LogP contribution in [0.25, 0.3) is 0 Å². The molecule has 144 valence electrons. The fraction of sp³-hybridized carbons (Fsp3) is 0.706. The molecule has 1 N–H and O–H groups in total. The molecule has 4 heterocycles. The van der Waals surface area contributed by atoms with Crippen molar-refractivity contribution in [1.82, 2.24) is 14.5 Å². The Morgan fingerprint density at radius 2 is 1.77 bits per heavy atom. The van der Waals surface area contributed by atoms with Gasteiger partial charge in [-0.05, 0) is 43.8 Å². The van der Waals surface area contributed by atoms with Crippen molar-refractivity contribution < 1.29 is 17.9 Å². The number of hydrogen-bond acceptors (Lipinski definition) is 6. The number of ether oxygens (including phenoxy) is 1. The summed E-state index contributed by atoms with van der Waals surface area (Å²) in [6.07, 6.45) is 2.04. The van der Waals surface area contributed by atoms with Crippen LogP contribution in [0, 0.1) is 11.8 Å². The number of morpholine rings is 1. The number of sulfonamides is 1. The number of thiophene rings is 1. The second kappa shape index (κ2) is 7.55. The maximum Gasteiger partial charge on any atom is 0.254 e. The number of nitrogens with zero attached hydrogens (tertiary/aromatic N) is 2. The van der Waals surface area contributed by atoms with E-state index in [0.717, 1.165) is 50.4 Å². The molecule has 1 aromatic rings. The van der Waals surface area contributed by atoms with Crippen molar-refractivity contribution in [3.63, 3.8) is 0 Å². The van der Waals surface area contributed by atoms with Gasteiger partial charge in [-0.25, -0.2) is 8.42 Å². The number of amides is 1. The Balaban J connectivity index is 1.46. The first-order valence-electron chi connectivity index (χ1n) is 9.22. The lowest BCUT2D eigenvalue weighted by molar-refractivity contribution is 0.0730. The molecule has 1 amide bonds. The number of carbonyl (C=O) groups is 1. The van der Waals surface area contributed by atoms with Crippen LogP contribution >= 0.6 is 11.3 Å². The first-order valence-corrected chi connectivity index (χ1v) is 11.5. The molecule has 7 nitrogen and oxygen atoms in total. The maximum absolute atomic E-state index is 12.9. The van der Waals surface area contributed by atoms with Crippen LogP contribution in [0.15, 0.2) is 15.7 Å². The quantitative estimate of drug-likeness (QED) is 0.815. The number of nitrogens with one attached hydrogen (secondary N) is 1. The molecule has 0 aliphatic carbocycles. The van der Waals surface area contributed by atoms with Gasteiger partial charge in [-0.15, -0.1) is 11.3 Å². The minimum Gasteiger partial charge on any atom is -0.379 e. The van der Waals surface area contributed by atoms with E-state index in [-0.39, 0.29) is 10.1 Å². The molecule has 3 saturated heterocycles. The minimum absolute atomic E-state index is 0.0439. The Hall–Kier alpha value is -1.00. The minimum atomic E-state index is -3.53. The van der Waals surface area contributed by atoms with Gasteiger partial charge in [0.25, 0.3) is 15.9 Å². The SMILES string of the molecule is O=C(c1csc(S(=O)(=O)N2CCOCC2)c1)N1CC[C@@H]2CNC[C@@H]2CC1. The molecule has 1 aromatic heterocycles. The molecule has 0 unspecified atom stereocenters. The molecular formula is C17H25N3O4S2. The zero-order chi connectivity index (χ0) is 18.1. The number of rotatable bonds is 3. The van der Waals surface area contributed by atoms with Crippen LogP contribution < -0.4 is 5.32 Å². The van der Waals surface area contributed by atoms with Gasteiger partial charge in [-0.3, -0.25) is 4.79 Å². The van der Waals surface area contributed by atoms with E-state index in [0.29, 0.717) is 43.7 Å². The molecule has 3 aliphatic rings. The second-order valence-corrected chi connectivity index (χ2v) is 10.3. The molecule has 3 aliphatic heterocycles. The van der Waals surface area contributed by atoms with Crippen molar-refractivity contribution in [2.45, 2.75) is 17.1 Å². The zero-order valence-corrected chi connectivity index (χ0v) is 16.4. The van der Waals surface area contributed by atoms with E-state index in [1.807, 2.05) is 4.90 Å². The topological polar surface area (TPSA) is 79.0 Å². The van der Waals surface area contributed by atoms with Gasteiger partial charge in [0.1, 0.15) is 4.21 Å². The van der Waals surface area contributed by atoms with Crippen molar-refractivity contribution in [2.75, 3.05) is 52.5 Å². The van der Waals surface area contributed by atoms with Crippen LogP contribution in [0.5, 0.6) is 0 Å². The summed E-state index contributed by atoms with van der Waals surface area (Å²) in [5.41, 5.74) is 0.493. The average Bonchev–Trinajstić information content (AvgIpc) is 3.28. The van der Waals surface area contributed by atoms with Crippen LogP contribution in [0.2, 0.25) is 0 Å². The average molecular weight is 400 g/mol. The summed E-state index contributed by atoms with van der Waals surface area (Å²) in [6.45, 7) is 5.17. The molecule has 26 heavy (non-hydrogen) atoms. The first-order chi connectivity index (χ1) is 12.6. The van der Waals surface area contributed by atoms with Gasteiger partial charge in [0, 0.05) is 31.6 Å². The molecule has 0 radical (unpaired) electrons. The smallest absolute Gasteiger partial charge is 0.254 e. The zero-order valence-electron chi connectivity index (χ0n) is 14.7. The molecule has 0 bridgehead atoms. The third kappa shape index (κ3) is 3.55. The van der Waals surface area contributed by atoms with Gasteiger partial charge < -0.3 is 15.0 Å². The van der Waals surface area contributed by atoms with E-state index in [1.54, 1.807) is 11.4 Å². The van der Waals surface area contributed by atoms with Crippen molar-refractivity contribution in [1.29, 1.82) is 0 Å². The fourth-order valence-electron chi connectivity index (χ4n) is 4.08. The standard InChI is InChI=1S/C17H25N3O4S2/c21-17(19-3-1-13-10-18-11-14(13)2-4-19)15-9-16(25-12-15)26(22,23)20-5-7-24-8-6-20/h9,12-14,18H,1-8,10-11H2/t13-,14+. The summed E-state index contributed by atoms with van der Waals surface area (Å²) < 4.78 is 32.4. The van der Waals surface area contributed by atoms with E-state index in [9.17, 15) is 13.2 Å². The molecule has 9 heteroatoms. The second-order valence-electron chi connectivity index (χ2n) is 7.22. The summed E-state index contributed by atoms with van der Waals surface area (Å²) in [4.78, 5) is 14.8. The number of fused-ring (bicyclic) bond motifs is 1. The van der Waals surface area contributed by atoms with Crippen molar-refractivity contribution in [2.24, 2.45) is 11.8 Å². The van der Waals surface area contributed by atoms with Gasteiger partial charge in [0.2, 0.25) is 0 Å². The van der Waals surface area contributed by atoms with E-state index >= 15 is 0 Å². The van der Waals surface area contributed by atoms with Gasteiger partial charge in [0.15, 0.2) is 0 Å². The van der Waals surface area contributed by atoms with Gasteiger partial charge >= 0.3 is 0 Å². The Labute approximate surface area is 158 Å². The van der Waals surface area contributed by atoms with Crippen molar-refractivity contribution >= 4 is 27.3 Å². The predicted molar refractivity (Wildman–Crippen MR) is 98.9 cm³/mol. The summed E-state index contributed by atoms with van der Waals surface area (Å²) >= 11 is 1.14. The van der Waals surface area contributed by atoms with E-state index < -0.39 is 10.0 Å². The molecule has 0 saturated carbocycles. The third-order valence-corrected chi connectivity index (χ3v) is 9.01. The summed E-state index contributed by atoms with van der Waals surface area (Å²) in [7, 11) is -3.53. The lowest BCUT2D eigenvalue weighted by atomic mass is 9.92. The van der Waals surface area contributed by atoms with Gasteiger partial charge in [0.05, 0.1) is 18.8 Å². The highest BCUT2D eigenvalue weighted by molar-refractivity contribution is 7.91. The lowest BCUT2D eigenvalue weighted by Gasteiger charge is -2.25. The largest absolute Gasteiger partial charge is 0.379 e. The number of hydrogen-bond donors (Lipinski definition) is 1. The van der Waals surface area contributed by atoms with Gasteiger partial charge in [-0.1, -0.05) is 0 Å². The van der Waals surface area contributed by atoms with Crippen LogP contribution in [-0.2, 0) is 14.8 Å². The summed E-state index contributed by atoms with van der Waals surface area (Å²) in [6, 6.07) is 1.55. The summed E-state index contributed by atoms with van der Waals surface area (Å²) in [5, 5.41) is 5.12. The molecule has 2 atom stereocenters. The Bertz CT molecular complexity index is 744. The lowest BCUT2D eigenvalue weighted by Crippen LogP contribution is -2.40. The molecule has 0 spiro atoms. The van der Waals surface area contributed by atoms with Crippen molar-refractivity contribution in [3.05, 3.63) is 17.0 Å². The Morgan fingerprint density at radius 1 is 1.12 bits per heavy atom. The van der Waals surface area contributed by atoms with E-state index in [1.165, 1.54) is 4.31 Å². The van der Waals surface area contributed by atoms with Crippen LogP contribution in [0.4, 0.5) is 0 Å². The normalized spacial score (nSPS) is 27.9. The van der Waals surface area contributed by atoms with Crippen LogP contribution in [0.1, 0.15) is 23.2 Å². The first kappa shape index (κ1) is 18.4. The van der Waals surface area contributed by atoms with Crippen LogP contribution in [-0.4, -0.2) is 76.0 Å². The highest BCUT2D eigenvalue weighted by Gasteiger charge is 2.33. The molecule has 3 fully saturated rings. The van der Waals surface area contributed by atoms with E-state index in [4.69, 9.17) is 4.74 Å². The van der Waals surface area contributed by atoms with Crippen LogP contribution in [0.3, 0.4) is 0 Å². The highest BCUT2D eigenvalue weighted by atomic mass is 32.2. The Kier molecular flexibility index (Phi) is 5.34. The van der Waals surface area contributed by atoms with E-state index in [2.05, 4.69) is 5.32 Å². The number of carbonyl (C=O) groups excluding carboxylic acids is 1. The van der Waals surface area contributed by atoms with Crippen molar-refractivity contribution in [3.8, 4) is 0 Å². The predicted octanol–water partition coefficient (Wildman–Crippen LogP) is 0.841. The molecule has 0 aromatic carbocycles. The third-order valence-electron chi connectivity index (χ3n) is 5.69. The number of likely N-dealkylation sites (tertiary alicyclic amines) is 1. The highest BCUT2D eigenvalue weighted by Crippen LogP contribution is 2.29.